The van der Waals surface area contributed by atoms with E-state index in [9.17, 15) is 0 Å². The Morgan fingerprint density at radius 3 is 2.71 bits per heavy atom. The summed E-state index contributed by atoms with van der Waals surface area (Å²) in [6, 6.07) is 4.37. The Hall–Kier alpha value is -0.380. The van der Waals surface area contributed by atoms with Crippen LogP contribution in [0.2, 0.25) is 0 Å². The topological polar surface area (TPSA) is 29.3 Å². The van der Waals surface area contributed by atoms with Crippen molar-refractivity contribution in [3.8, 4) is 0 Å². The normalized spacial score (nSPS) is 22.4. The van der Waals surface area contributed by atoms with Crippen LogP contribution in [0.4, 0.5) is 0 Å². The largest absolute Gasteiger partial charge is 0.330 e. The van der Waals surface area contributed by atoms with E-state index in [0.717, 1.165) is 6.54 Å². The van der Waals surface area contributed by atoms with Crippen molar-refractivity contribution in [2.75, 3.05) is 26.7 Å². The van der Waals surface area contributed by atoms with E-state index in [2.05, 4.69) is 29.5 Å². The second-order valence-electron chi connectivity index (χ2n) is 4.27. The number of nitrogens with zero attached hydrogens (tertiary/aromatic N) is 1. The Morgan fingerprint density at radius 2 is 2.21 bits per heavy atom. The summed E-state index contributed by atoms with van der Waals surface area (Å²) in [7, 11) is 2.19. The fourth-order valence-electron chi connectivity index (χ4n) is 2.18. The van der Waals surface area contributed by atoms with Gasteiger partial charge in [-0.3, -0.25) is 0 Å². The number of thiophene rings is 1. The molecular formula is C11H18N2S. The van der Waals surface area contributed by atoms with Gasteiger partial charge < -0.3 is 10.6 Å². The highest BCUT2D eigenvalue weighted by molar-refractivity contribution is 7.10. The molecule has 0 unspecified atom stereocenters. The van der Waals surface area contributed by atoms with Crippen LogP contribution in [0.3, 0.4) is 0 Å². The molecule has 0 aromatic carbocycles. The fourth-order valence-corrected chi connectivity index (χ4v) is 3.18. The SMILES string of the molecule is CN1CCC(CN)(c2cccs2)CC1. The van der Waals surface area contributed by atoms with Gasteiger partial charge in [-0.05, 0) is 44.4 Å². The highest BCUT2D eigenvalue weighted by Gasteiger charge is 2.34. The molecule has 3 heteroatoms. The molecule has 1 saturated heterocycles. The molecule has 0 amide bonds. The summed E-state index contributed by atoms with van der Waals surface area (Å²) < 4.78 is 0. The lowest BCUT2D eigenvalue weighted by atomic mass is 9.77. The van der Waals surface area contributed by atoms with E-state index in [1.54, 1.807) is 0 Å². The second-order valence-corrected chi connectivity index (χ2v) is 5.21. The highest BCUT2D eigenvalue weighted by atomic mass is 32.1. The Morgan fingerprint density at radius 1 is 1.50 bits per heavy atom. The molecule has 1 aliphatic heterocycles. The minimum absolute atomic E-state index is 0.278. The van der Waals surface area contributed by atoms with Gasteiger partial charge in [0, 0.05) is 16.8 Å². The highest BCUT2D eigenvalue weighted by Crippen LogP contribution is 2.36. The number of likely N-dealkylation sites (tertiary alicyclic amines) is 1. The molecule has 0 radical (unpaired) electrons. The molecule has 1 aromatic heterocycles. The van der Waals surface area contributed by atoms with Crippen molar-refractivity contribution in [3.05, 3.63) is 22.4 Å². The van der Waals surface area contributed by atoms with Crippen LogP contribution in [0.1, 0.15) is 17.7 Å². The Labute approximate surface area is 89.7 Å². The standard InChI is InChI=1S/C11H18N2S/c1-13-6-4-11(9-12,5-7-13)10-3-2-8-14-10/h2-3,8H,4-7,9,12H2,1H3. The first-order valence-electron chi connectivity index (χ1n) is 5.19. The number of piperidine rings is 1. The lowest BCUT2D eigenvalue weighted by Gasteiger charge is -2.39. The average molecular weight is 210 g/mol. The maximum atomic E-state index is 5.96. The quantitative estimate of drug-likeness (QED) is 0.804. The van der Waals surface area contributed by atoms with E-state index in [-0.39, 0.29) is 5.41 Å². The minimum atomic E-state index is 0.278. The zero-order valence-corrected chi connectivity index (χ0v) is 9.52. The van der Waals surface area contributed by atoms with Crippen LogP contribution >= 0.6 is 11.3 Å². The monoisotopic (exact) mass is 210 g/mol. The summed E-state index contributed by atoms with van der Waals surface area (Å²) in [5, 5.41) is 2.16. The lowest BCUT2D eigenvalue weighted by molar-refractivity contribution is 0.194. The van der Waals surface area contributed by atoms with Crippen molar-refractivity contribution in [1.29, 1.82) is 0 Å². The van der Waals surface area contributed by atoms with Crippen molar-refractivity contribution in [1.82, 2.24) is 4.90 Å². The molecule has 2 N–H and O–H groups in total. The maximum absolute atomic E-state index is 5.96. The van der Waals surface area contributed by atoms with Crippen LogP contribution in [0, 0.1) is 0 Å². The number of hydrogen-bond donors (Lipinski definition) is 1. The van der Waals surface area contributed by atoms with E-state index in [1.807, 2.05) is 11.3 Å². The smallest absolute Gasteiger partial charge is 0.0194 e. The zero-order valence-electron chi connectivity index (χ0n) is 8.70. The molecule has 2 rings (SSSR count). The average Bonchev–Trinajstić information content (AvgIpc) is 2.73. The lowest BCUT2D eigenvalue weighted by Crippen LogP contribution is -2.44. The third kappa shape index (κ3) is 1.72. The summed E-state index contributed by atoms with van der Waals surface area (Å²) in [4.78, 5) is 3.87. The van der Waals surface area contributed by atoms with E-state index >= 15 is 0 Å². The van der Waals surface area contributed by atoms with Gasteiger partial charge in [0.1, 0.15) is 0 Å². The van der Waals surface area contributed by atoms with Gasteiger partial charge in [-0.15, -0.1) is 11.3 Å². The van der Waals surface area contributed by atoms with Crippen LogP contribution in [-0.4, -0.2) is 31.6 Å². The van der Waals surface area contributed by atoms with Gasteiger partial charge in [0.25, 0.3) is 0 Å². The summed E-state index contributed by atoms with van der Waals surface area (Å²) in [6.07, 6.45) is 2.42. The maximum Gasteiger partial charge on any atom is 0.0194 e. The molecule has 1 aliphatic rings. The van der Waals surface area contributed by atoms with Gasteiger partial charge >= 0.3 is 0 Å². The van der Waals surface area contributed by atoms with Crippen molar-refractivity contribution in [2.24, 2.45) is 5.73 Å². The fraction of sp³-hybridized carbons (Fsp3) is 0.636. The van der Waals surface area contributed by atoms with Crippen molar-refractivity contribution in [3.63, 3.8) is 0 Å². The summed E-state index contributed by atoms with van der Waals surface area (Å²) in [6.45, 7) is 3.14. The van der Waals surface area contributed by atoms with Crippen LogP contribution in [-0.2, 0) is 5.41 Å². The van der Waals surface area contributed by atoms with Gasteiger partial charge in [0.05, 0.1) is 0 Å². The minimum Gasteiger partial charge on any atom is -0.330 e. The van der Waals surface area contributed by atoms with Crippen molar-refractivity contribution < 1.29 is 0 Å². The third-order valence-corrected chi connectivity index (χ3v) is 4.50. The van der Waals surface area contributed by atoms with Gasteiger partial charge in [-0.25, -0.2) is 0 Å². The first kappa shape index (κ1) is 10.1. The first-order valence-corrected chi connectivity index (χ1v) is 6.07. The van der Waals surface area contributed by atoms with Crippen molar-refractivity contribution in [2.45, 2.75) is 18.3 Å². The van der Waals surface area contributed by atoms with Crippen LogP contribution < -0.4 is 5.73 Å². The molecule has 0 atom stereocenters. The molecule has 1 fully saturated rings. The van der Waals surface area contributed by atoms with Crippen LogP contribution in [0.5, 0.6) is 0 Å². The number of nitrogens with two attached hydrogens (primary N) is 1. The molecule has 0 bridgehead atoms. The molecule has 2 nitrogen and oxygen atoms in total. The zero-order chi connectivity index (χ0) is 10.0. The molecular weight excluding hydrogens is 192 g/mol. The van der Waals surface area contributed by atoms with E-state index in [4.69, 9.17) is 5.73 Å². The Bertz CT molecular complexity index is 273. The molecule has 0 aliphatic carbocycles. The molecule has 1 aromatic rings. The second kappa shape index (κ2) is 4.01. The van der Waals surface area contributed by atoms with Gasteiger partial charge in [0.15, 0.2) is 0 Å². The summed E-state index contributed by atoms with van der Waals surface area (Å²) >= 11 is 1.86. The molecule has 0 spiro atoms. The number of hydrogen-bond acceptors (Lipinski definition) is 3. The van der Waals surface area contributed by atoms with Crippen LogP contribution in [0.15, 0.2) is 17.5 Å². The van der Waals surface area contributed by atoms with Gasteiger partial charge in [-0.1, -0.05) is 6.07 Å². The predicted molar refractivity (Wildman–Crippen MR) is 61.8 cm³/mol. The first-order chi connectivity index (χ1) is 6.77. The van der Waals surface area contributed by atoms with E-state index < -0.39 is 0 Å². The Balaban J connectivity index is 2.19. The van der Waals surface area contributed by atoms with Crippen molar-refractivity contribution >= 4 is 11.3 Å². The van der Waals surface area contributed by atoms with E-state index in [1.165, 1.54) is 30.8 Å². The van der Waals surface area contributed by atoms with Gasteiger partial charge in [0.2, 0.25) is 0 Å². The van der Waals surface area contributed by atoms with Gasteiger partial charge in [-0.2, -0.15) is 0 Å². The summed E-state index contributed by atoms with van der Waals surface area (Å²) in [5.41, 5.74) is 6.24. The molecule has 2 heterocycles. The van der Waals surface area contributed by atoms with Crippen LogP contribution in [0.25, 0.3) is 0 Å². The molecule has 0 saturated carbocycles. The summed E-state index contributed by atoms with van der Waals surface area (Å²) in [5.74, 6) is 0. The third-order valence-electron chi connectivity index (χ3n) is 3.38. The molecule has 14 heavy (non-hydrogen) atoms. The molecule has 78 valence electrons. The Kier molecular flexibility index (Phi) is 2.91. The van der Waals surface area contributed by atoms with E-state index in [0.29, 0.717) is 0 Å². The predicted octanol–water partition coefficient (Wildman–Crippen LogP) is 1.67. The number of rotatable bonds is 2.